The summed E-state index contributed by atoms with van der Waals surface area (Å²) < 4.78 is 0. The monoisotopic (exact) mass is 251 g/mol. The van der Waals surface area contributed by atoms with Crippen LogP contribution >= 0.6 is 0 Å². The van der Waals surface area contributed by atoms with Gasteiger partial charge in [-0.1, -0.05) is 62.4 Å². The van der Waals surface area contributed by atoms with Crippen molar-refractivity contribution in [2.24, 2.45) is 5.92 Å². The molecule has 0 aliphatic heterocycles. The Morgan fingerprint density at radius 3 is 1.89 bits per heavy atom. The van der Waals surface area contributed by atoms with E-state index in [1.165, 1.54) is 22.3 Å². The summed E-state index contributed by atoms with van der Waals surface area (Å²) in [6.45, 7) is 3.84. The van der Waals surface area contributed by atoms with Crippen molar-refractivity contribution in [2.45, 2.75) is 19.9 Å². The molecule has 0 fully saturated rings. The predicted octanol–water partition coefficient (Wildman–Crippen LogP) is 3.53. The minimum absolute atomic E-state index is 0.0000699. The first kappa shape index (κ1) is 12.0. The smallest absolute Gasteiger partial charge is 0.223 e. The molecule has 0 bridgehead atoms. The average molecular weight is 251 g/mol. The van der Waals surface area contributed by atoms with Crippen molar-refractivity contribution in [3.63, 3.8) is 0 Å². The number of carbonyl (C=O) groups excluding carboxylic acids is 1. The SMILES string of the molecule is CC(C)C(=O)NC1c2ccccc2-c2ccccc21. The maximum Gasteiger partial charge on any atom is 0.223 e. The van der Waals surface area contributed by atoms with Crippen LogP contribution in [0, 0.1) is 5.92 Å². The lowest BCUT2D eigenvalue weighted by atomic mass is 10.0. The topological polar surface area (TPSA) is 29.1 Å². The molecule has 0 aromatic heterocycles. The van der Waals surface area contributed by atoms with Gasteiger partial charge in [0.25, 0.3) is 0 Å². The molecule has 19 heavy (non-hydrogen) atoms. The molecule has 0 saturated carbocycles. The van der Waals surface area contributed by atoms with Crippen LogP contribution in [0.15, 0.2) is 48.5 Å². The van der Waals surface area contributed by atoms with E-state index in [0.29, 0.717) is 0 Å². The molecule has 0 unspecified atom stereocenters. The highest BCUT2D eigenvalue weighted by Gasteiger charge is 2.29. The fourth-order valence-electron chi connectivity index (χ4n) is 2.62. The summed E-state index contributed by atoms with van der Waals surface area (Å²) in [6, 6.07) is 16.6. The highest BCUT2D eigenvalue weighted by Crippen LogP contribution is 2.42. The number of hydrogen-bond donors (Lipinski definition) is 1. The summed E-state index contributed by atoms with van der Waals surface area (Å²) in [4.78, 5) is 12.0. The van der Waals surface area contributed by atoms with E-state index in [0.717, 1.165) is 0 Å². The van der Waals surface area contributed by atoms with Crippen LogP contribution in [0.4, 0.5) is 0 Å². The van der Waals surface area contributed by atoms with E-state index in [2.05, 4.69) is 29.6 Å². The quantitative estimate of drug-likeness (QED) is 0.869. The highest BCUT2D eigenvalue weighted by atomic mass is 16.1. The second kappa shape index (κ2) is 4.54. The largest absolute Gasteiger partial charge is 0.345 e. The first-order chi connectivity index (χ1) is 9.18. The average Bonchev–Trinajstić information content (AvgIpc) is 2.74. The van der Waals surface area contributed by atoms with E-state index in [4.69, 9.17) is 0 Å². The number of rotatable bonds is 2. The van der Waals surface area contributed by atoms with Gasteiger partial charge in [0.05, 0.1) is 6.04 Å². The Hall–Kier alpha value is -2.09. The summed E-state index contributed by atoms with van der Waals surface area (Å²) in [5.74, 6) is 0.0939. The van der Waals surface area contributed by atoms with E-state index in [-0.39, 0.29) is 17.9 Å². The molecule has 0 spiro atoms. The Morgan fingerprint density at radius 1 is 0.947 bits per heavy atom. The van der Waals surface area contributed by atoms with Crippen molar-refractivity contribution in [1.82, 2.24) is 5.32 Å². The summed E-state index contributed by atoms with van der Waals surface area (Å²) in [7, 11) is 0. The molecule has 96 valence electrons. The first-order valence-corrected chi connectivity index (χ1v) is 6.67. The van der Waals surface area contributed by atoms with Crippen LogP contribution in [-0.4, -0.2) is 5.91 Å². The molecule has 0 saturated heterocycles. The van der Waals surface area contributed by atoms with E-state index in [1.54, 1.807) is 0 Å². The van der Waals surface area contributed by atoms with Gasteiger partial charge < -0.3 is 5.32 Å². The number of carbonyl (C=O) groups is 1. The molecule has 1 aliphatic carbocycles. The molecule has 3 rings (SSSR count). The Labute approximate surface area is 113 Å². The third kappa shape index (κ3) is 1.93. The molecular weight excluding hydrogens is 234 g/mol. The molecule has 0 heterocycles. The molecular formula is C17H17NO. The standard InChI is InChI=1S/C17H17NO/c1-11(2)17(19)18-16-14-9-5-3-7-12(14)13-8-4-6-10-15(13)16/h3-11,16H,1-2H3,(H,18,19). The van der Waals surface area contributed by atoms with E-state index >= 15 is 0 Å². The van der Waals surface area contributed by atoms with Crippen LogP contribution in [0.5, 0.6) is 0 Å². The van der Waals surface area contributed by atoms with Crippen molar-refractivity contribution in [2.75, 3.05) is 0 Å². The van der Waals surface area contributed by atoms with Crippen molar-refractivity contribution in [1.29, 1.82) is 0 Å². The Balaban J connectivity index is 2.07. The molecule has 0 atom stereocenters. The van der Waals surface area contributed by atoms with Gasteiger partial charge in [-0.25, -0.2) is 0 Å². The van der Waals surface area contributed by atoms with Crippen LogP contribution in [-0.2, 0) is 4.79 Å². The van der Waals surface area contributed by atoms with Gasteiger partial charge in [0.15, 0.2) is 0 Å². The second-order valence-corrected chi connectivity index (χ2v) is 5.27. The Bertz CT molecular complexity index is 585. The molecule has 1 aliphatic rings. The van der Waals surface area contributed by atoms with Crippen molar-refractivity contribution >= 4 is 5.91 Å². The number of fused-ring (bicyclic) bond motifs is 3. The summed E-state index contributed by atoms with van der Waals surface area (Å²) >= 11 is 0. The third-order valence-corrected chi connectivity index (χ3v) is 3.64. The maximum atomic E-state index is 12.0. The van der Waals surface area contributed by atoms with Crippen molar-refractivity contribution in [3.05, 3.63) is 59.7 Å². The molecule has 0 radical (unpaired) electrons. The first-order valence-electron chi connectivity index (χ1n) is 6.67. The minimum Gasteiger partial charge on any atom is -0.345 e. The van der Waals surface area contributed by atoms with Crippen LogP contribution < -0.4 is 5.32 Å². The zero-order valence-corrected chi connectivity index (χ0v) is 11.2. The van der Waals surface area contributed by atoms with Gasteiger partial charge in [-0.2, -0.15) is 0 Å². The highest BCUT2D eigenvalue weighted by molar-refractivity contribution is 5.84. The molecule has 2 heteroatoms. The third-order valence-electron chi connectivity index (χ3n) is 3.64. The van der Waals surface area contributed by atoms with Gasteiger partial charge in [0, 0.05) is 5.92 Å². The van der Waals surface area contributed by atoms with Crippen molar-refractivity contribution < 1.29 is 4.79 Å². The fraction of sp³-hybridized carbons (Fsp3) is 0.235. The summed E-state index contributed by atoms with van der Waals surface area (Å²) in [5.41, 5.74) is 4.84. The lowest BCUT2D eigenvalue weighted by Gasteiger charge is -2.17. The van der Waals surface area contributed by atoms with Crippen LogP contribution in [0.25, 0.3) is 11.1 Å². The molecule has 1 amide bonds. The van der Waals surface area contributed by atoms with Crippen LogP contribution in [0.3, 0.4) is 0 Å². The Kier molecular flexibility index (Phi) is 2.86. The minimum atomic E-state index is -0.0118. The van der Waals surface area contributed by atoms with Gasteiger partial charge in [-0.05, 0) is 22.3 Å². The number of nitrogens with one attached hydrogen (secondary N) is 1. The fourth-order valence-corrected chi connectivity index (χ4v) is 2.62. The molecule has 2 aromatic carbocycles. The molecule has 2 aromatic rings. The van der Waals surface area contributed by atoms with Crippen LogP contribution in [0.1, 0.15) is 31.0 Å². The normalized spacial score (nSPS) is 13.2. The number of benzene rings is 2. The second-order valence-electron chi connectivity index (χ2n) is 5.27. The van der Waals surface area contributed by atoms with Gasteiger partial charge in [0.1, 0.15) is 0 Å². The Morgan fingerprint density at radius 2 is 1.42 bits per heavy atom. The summed E-state index contributed by atoms with van der Waals surface area (Å²) in [5, 5.41) is 3.15. The van der Waals surface area contributed by atoms with Gasteiger partial charge >= 0.3 is 0 Å². The van der Waals surface area contributed by atoms with Gasteiger partial charge in [-0.15, -0.1) is 0 Å². The van der Waals surface area contributed by atoms with E-state index in [1.807, 2.05) is 38.1 Å². The number of amides is 1. The predicted molar refractivity (Wildman–Crippen MR) is 76.7 cm³/mol. The van der Waals surface area contributed by atoms with Crippen molar-refractivity contribution in [3.8, 4) is 11.1 Å². The maximum absolute atomic E-state index is 12.0. The zero-order valence-electron chi connectivity index (χ0n) is 11.2. The molecule has 2 nitrogen and oxygen atoms in total. The summed E-state index contributed by atoms with van der Waals surface area (Å²) in [6.07, 6.45) is 0. The van der Waals surface area contributed by atoms with Gasteiger partial charge in [0.2, 0.25) is 5.91 Å². The van der Waals surface area contributed by atoms with E-state index < -0.39 is 0 Å². The lowest BCUT2D eigenvalue weighted by Crippen LogP contribution is -2.31. The molecule has 1 N–H and O–H groups in total. The zero-order chi connectivity index (χ0) is 13.4. The van der Waals surface area contributed by atoms with Crippen LogP contribution in [0.2, 0.25) is 0 Å². The lowest BCUT2D eigenvalue weighted by molar-refractivity contribution is -0.124. The van der Waals surface area contributed by atoms with Gasteiger partial charge in [-0.3, -0.25) is 4.79 Å². The number of hydrogen-bond acceptors (Lipinski definition) is 1. The van der Waals surface area contributed by atoms with E-state index in [9.17, 15) is 4.79 Å².